The SMILES string of the molecule is CCC[C@H](C)NC(=O)[C@@H]1CCCN(S(=O)(=O)CCCc2ccccc2)C1. The van der Waals surface area contributed by atoms with Crippen molar-refractivity contribution in [3.05, 3.63) is 35.9 Å². The molecule has 2 rings (SSSR count). The molecular weight excluding hydrogens is 348 g/mol. The van der Waals surface area contributed by atoms with Crippen LogP contribution in [0.25, 0.3) is 0 Å². The van der Waals surface area contributed by atoms with Gasteiger partial charge in [0.25, 0.3) is 0 Å². The number of nitrogens with one attached hydrogen (secondary N) is 1. The van der Waals surface area contributed by atoms with Crippen molar-refractivity contribution in [3.8, 4) is 0 Å². The normalized spacial score (nSPS) is 19.8. The predicted octanol–water partition coefficient (Wildman–Crippen LogP) is 2.97. The highest BCUT2D eigenvalue weighted by Gasteiger charge is 2.32. The van der Waals surface area contributed by atoms with Crippen LogP contribution in [-0.2, 0) is 21.2 Å². The summed E-state index contributed by atoms with van der Waals surface area (Å²) < 4.78 is 26.8. The van der Waals surface area contributed by atoms with Gasteiger partial charge in [-0.25, -0.2) is 12.7 Å². The summed E-state index contributed by atoms with van der Waals surface area (Å²) in [5.74, 6) is -0.0928. The Morgan fingerprint density at radius 1 is 1.31 bits per heavy atom. The Bertz CT molecular complexity index is 661. The fourth-order valence-corrected chi connectivity index (χ4v) is 5.09. The maximum absolute atomic E-state index is 12.7. The number of hydrogen-bond donors (Lipinski definition) is 1. The molecule has 0 saturated carbocycles. The largest absolute Gasteiger partial charge is 0.353 e. The van der Waals surface area contributed by atoms with Gasteiger partial charge in [-0.2, -0.15) is 0 Å². The van der Waals surface area contributed by atoms with Gasteiger partial charge < -0.3 is 5.32 Å². The molecule has 1 aliphatic heterocycles. The molecule has 1 amide bonds. The summed E-state index contributed by atoms with van der Waals surface area (Å²) in [7, 11) is -3.31. The van der Waals surface area contributed by atoms with Crippen molar-refractivity contribution in [2.24, 2.45) is 5.92 Å². The van der Waals surface area contributed by atoms with Crippen LogP contribution in [0.4, 0.5) is 0 Å². The van der Waals surface area contributed by atoms with Crippen LogP contribution < -0.4 is 5.32 Å². The molecule has 146 valence electrons. The first-order valence-corrected chi connectivity index (χ1v) is 11.4. The van der Waals surface area contributed by atoms with Crippen molar-refractivity contribution in [2.45, 2.75) is 58.4 Å². The van der Waals surface area contributed by atoms with Gasteiger partial charge in [0.05, 0.1) is 11.7 Å². The van der Waals surface area contributed by atoms with Crippen molar-refractivity contribution in [1.82, 2.24) is 9.62 Å². The Kier molecular flexibility index (Phi) is 8.10. The van der Waals surface area contributed by atoms with Crippen LogP contribution >= 0.6 is 0 Å². The first kappa shape index (κ1) is 20.9. The maximum Gasteiger partial charge on any atom is 0.224 e. The minimum atomic E-state index is -3.31. The fourth-order valence-electron chi connectivity index (χ4n) is 3.51. The first-order valence-electron chi connectivity index (χ1n) is 9.74. The van der Waals surface area contributed by atoms with Crippen molar-refractivity contribution >= 4 is 15.9 Å². The molecule has 2 atom stereocenters. The summed E-state index contributed by atoms with van der Waals surface area (Å²) in [4.78, 5) is 12.4. The van der Waals surface area contributed by atoms with E-state index in [1.165, 1.54) is 4.31 Å². The third-order valence-electron chi connectivity index (χ3n) is 4.97. The molecule has 0 aromatic heterocycles. The topological polar surface area (TPSA) is 66.5 Å². The quantitative estimate of drug-likeness (QED) is 0.716. The third-order valence-corrected chi connectivity index (χ3v) is 6.89. The Morgan fingerprint density at radius 3 is 2.73 bits per heavy atom. The van der Waals surface area contributed by atoms with E-state index in [1.807, 2.05) is 37.3 Å². The number of carbonyl (C=O) groups excluding carboxylic acids is 1. The lowest BCUT2D eigenvalue weighted by molar-refractivity contribution is -0.126. The molecule has 1 aromatic rings. The van der Waals surface area contributed by atoms with E-state index < -0.39 is 10.0 Å². The monoisotopic (exact) mass is 380 g/mol. The molecule has 1 aromatic carbocycles. The highest BCUT2D eigenvalue weighted by atomic mass is 32.2. The Labute approximate surface area is 158 Å². The van der Waals surface area contributed by atoms with Gasteiger partial charge in [0.15, 0.2) is 0 Å². The van der Waals surface area contributed by atoms with E-state index in [0.29, 0.717) is 19.5 Å². The zero-order valence-electron chi connectivity index (χ0n) is 16.0. The molecule has 1 fully saturated rings. The molecule has 6 heteroatoms. The average molecular weight is 381 g/mol. The predicted molar refractivity (Wildman–Crippen MR) is 105 cm³/mol. The van der Waals surface area contributed by atoms with Crippen LogP contribution in [0.5, 0.6) is 0 Å². The maximum atomic E-state index is 12.7. The molecule has 1 N–H and O–H groups in total. The van der Waals surface area contributed by atoms with Gasteiger partial charge in [0, 0.05) is 19.1 Å². The summed E-state index contributed by atoms with van der Waals surface area (Å²) in [6, 6.07) is 10.1. The lowest BCUT2D eigenvalue weighted by Crippen LogP contribution is -2.47. The van der Waals surface area contributed by atoms with Crippen LogP contribution in [0, 0.1) is 5.92 Å². The minimum Gasteiger partial charge on any atom is -0.353 e. The van der Waals surface area contributed by atoms with Gasteiger partial charge in [-0.15, -0.1) is 0 Å². The Balaban J connectivity index is 1.85. The van der Waals surface area contributed by atoms with Gasteiger partial charge in [-0.05, 0) is 44.6 Å². The molecule has 1 aliphatic rings. The van der Waals surface area contributed by atoms with Crippen molar-refractivity contribution in [2.75, 3.05) is 18.8 Å². The number of amides is 1. The van der Waals surface area contributed by atoms with Crippen molar-refractivity contribution in [1.29, 1.82) is 0 Å². The van der Waals surface area contributed by atoms with E-state index in [2.05, 4.69) is 12.2 Å². The number of sulfonamides is 1. The van der Waals surface area contributed by atoms with E-state index in [0.717, 1.165) is 37.7 Å². The van der Waals surface area contributed by atoms with Gasteiger partial charge in [0.1, 0.15) is 0 Å². The third kappa shape index (κ3) is 6.40. The lowest BCUT2D eigenvalue weighted by atomic mass is 9.98. The van der Waals surface area contributed by atoms with Crippen LogP contribution in [-0.4, -0.2) is 43.5 Å². The molecule has 1 saturated heterocycles. The first-order chi connectivity index (χ1) is 12.4. The number of rotatable bonds is 9. The summed E-state index contributed by atoms with van der Waals surface area (Å²) in [5, 5.41) is 3.03. The highest BCUT2D eigenvalue weighted by Crippen LogP contribution is 2.21. The molecule has 0 unspecified atom stereocenters. The van der Waals surface area contributed by atoms with Gasteiger partial charge >= 0.3 is 0 Å². The minimum absolute atomic E-state index is 0.00450. The second-order valence-corrected chi connectivity index (χ2v) is 9.39. The van der Waals surface area contributed by atoms with E-state index in [1.54, 1.807) is 0 Å². The molecule has 0 spiro atoms. The molecular formula is C20H32N2O3S. The van der Waals surface area contributed by atoms with E-state index >= 15 is 0 Å². The van der Waals surface area contributed by atoms with E-state index in [-0.39, 0.29) is 23.6 Å². The Hall–Kier alpha value is -1.40. The second-order valence-electron chi connectivity index (χ2n) is 7.30. The molecule has 0 aliphatic carbocycles. The number of nitrogens with zero attached hydrogens (tertiary/aromatic N) is 1. The number of aryl methyl sites for hydroxylation is 1. The summed E-state index contributed by atoms with van der Waals surface area (Å²) >= 11 is 0. The van der Waals surface area contributed by atoms with Crippen LogP contribution in [0.1, 0.15) is 51.5 Å². The zero-order chi connectivity index (χ0) is 19.0. The van der Waals surface area contributed by atoms with Gasteiger partial charge in [-0.3, -0.25) is 4.79 Å². The number of carbonyl (C=O) groups is 1. The fraction of sp³-hybridized carbons (Fsp3) is 0.650. The second kappa shape index (κ2) is 10.1. The van der Waals surface area contributed by atoms with Crippen molar-refractivity contribution in [3.63, 3.8) is 0 Å². The standard InChI is InChI=1S/C20H32N2O3S/c1-3-9-17(2)21-20(23)19-13-7-14-22(16-19)26(24,25)15-8-12-18-10-5-4-6-11-18/h4-6,10-11,17,19H,3,7-9,12-16H2,1-2H3,(H,21,23)/t17-,19+/m0/s1. The molecule has 26 heavy (non-hydrogen) atoms. The van der Waals surface area contributed by atoms with Crippen LogP contribution in [0.2, 0.25) is 0 Å². The van der Waals surface area contributed by atoms with E-state index in [9.17, 15) is 13.2 Å². The Morgan fingerprint density at radius 2 is 2.04 bits per heavy atom. The zero-order valence-corrected chi connectivity index (χ0v) is 16.8. The molecule has 0 radical (unpaired) electrons. The highest BCUT2D eigenvalue weighted by molar-refractivity contribution is 7.89. The number of benzene rings is 1. The van der Waals surface area contributed by atoms with Gasteiger partial charge in [-0.1, -0.05) is 43.7 Å². The molecule has 5 nitrogen and oxygen atoms in total. The van der Waals surface area contributed by atoms with Crippen molar-refractivity contribution < 1.29 is 13.2 Å². The summed E-state index contributed by atoms with van der Waals surface area (Å²) in [6.45, 7) is 4.94. The summed E-state index contributed by atoms with van der Waals surface area (Å²) in [6.07, 6.45) is 4.84. The molecule has 0 bridgehead atoms. The van der Waals surface area contributed by atoms with E-state index in [4.69, 9.17) is 0 Å². The number of hydrogen-bond acceptors (Lipinski definition) is 3. The average Bonchev–Trinajstić information content (AvgIpc) is 2.63. The van der Waals surface area contributed by atoms with Gasteiger partial charge in [0.2, 0.25) is 15.9 Å². The number of piperidine rings is 1. The summed E-state index contributed by atoms with van der Waals surface area (Å²) in [5.41, 5.74) is 1.16. The molecule has 1 heterocycles. The lowest BCUT2D eigenvalue weighted by Gasteiger charge is -2.32. The smallest absolute Gasteiger partial charge is 0.224 e. The van der Waals surface area contributed by atoms with Crippen LogP contribution in [0.3, 0.4) is 0 Å². The van der Waals surface area contributed by atoms with Crippen LogP contribution in [0.15, 0.2) is 30.3 Å².